The van der Waals surface area contributed by atoms with E-state index in [9.17, 15) is 0 Å². The monoisotopic (exact) mass is 447 g/mol. The molecule has 0 bridgehead atoms. The molecule has 0 spiro atoms. The molecule has 2 aliphatic carbocycles. The Morgan fingerprint density at radius 2 is 1.47 bits per heavy atom. The summed E-state index contributed by atoms with van der Waals surface area (Å²) in [6.45, 7) is 11.6. The van der Waals surface area contributed by atoms with Crippen LogP contribution in [0.15, 0.2) is 0 Å². The highest BCUT2D eigenvalue weighted by atomic mass is 16.5. The second-order valence-corrected chi connectivity index (χ2v) is 12.5. The molecule has 4 atom stereocenters. The number of ether oxygens (including phenoxy) is 2. The Balaban J connectivity index is 1.43. The van der Waals surface area contributed by atoms with E-state index in [-0.39, 0.29) is 5.60 Å². The molecule has 32 heavy (non-hydrogen) atoms. The molecule has 4 aliphatic rings. The number of nitrogens with zero attached hydrogens (tertiary/aromatic N) is 1. The Labute approximate surface area is 199 Å². The summed E-state index contributed by atoms with van der Waals surface area (Å²) in [5.41, 5.74) is 0.0720. The van der Waals surface area contributed by atoms with Gasteiger partial charge in [-0.3, -0.25) is 4.90 Å². The maximum atomic E-state index is 6.14. The summed E-state index contributed by atoms with van der Waals surface area (Å²) in [5, 5.41) is 0. The van der Waals surface area contributed by atoms with Crippen LogP contribution in [0.4, 0.5) is 0 Å². The number of hydrogen-bond donors (Lipinski definition) is 0. The average Bonchev–Trinajstić information content (AvgIpc) is 3.32. The van der Waals surface area contributed by atoms with Gasteiger partial charge in [0.2, 0.25) is 0 Å². The van der Waals surface area contributed by atoms with E-state index >= 15 is 0 Å². The molecule has 0 aromatic carbocycles. The normalized spacial score (nSPS) is 32.2. The van der Waals surface area contributed by atoms with Crippen molar-refractivity contribution in [1.29, 1.82) is 0 Å². The summed E-state index contributed by atoms with van der Waals surface area (Å²) in [4.78, 5) is 2.90. The molecule has 4 unspecified atom stereocenters. The van der Waals surface area contributed by atoms with Crippen molar-refractivity contribution in [3.05, 3.63) is 0 Å². The summed E-state index contributed by atoms with van der Waals surface area (Å²) in [6.07, 6.45) is 21.6. The van der Waals surface area contributed by atoms with Gasteiger partial charge in [0.25, 0.3) is 0 Å². The minimum atomic E-state index is 0.0720. The van der Waals surface area contributed by atoms with Crippen LogP contribution in [0.2, 0.25) is 0 Å². The summed E-state index contributed by atoms with van der Waals surface area (Å²) in [6, 6.07) is 0.720. The molecular weight excluding hydrogens is 394 g/mol. The van der Waals surface area contributed by atoms with Gasteiger partial charge < -0.3 is 9.47 Å². The molecule has 0 amide bonds. The van der Waals surface area contributed by atoms with Gasteiger partial charge in [0, 0.05) is 25.8 Å². The van der Waals surface area contributed by atoms with E-state index in [1.54, 1.807) is 0 Å². The van der Waals surface area contributed by atoms with Crippen molar-refractivity contribution in [3.8, 4) is 0 Å². The van der Waals surface area contributed by atoms with Crippen molar-refractivity contribution in [2.45, 2.75) is 135 Å². The molecule has 2 heterocycles. The zero-order valence-electron chi connectivity index (χ0n) is 21.7. The SMILES string of the molecule is CC(C1CCCCC1)N(CCC(C1CCCCC1)C1CCOC(C)(C)C1)CC1CCCO1. The molecule has 0 N–H and O–H groups in total. The van der Waals surface area contributed by atoms with Gasteiger partial charge in [-0.05, 0) is 95.9 Å². The standard InChI is InChI=1S/C29H53NO2/c1-23(24-11-6-4-7-12-24)30(22-27-15-10-19-31-27)18-16-28(25-13-8-5-9-14-25)26-17-20-32-29(2,3)21-26/h23-28H,4-22H2,1-3H3. The summed E-state index contributed by atoms with van der Waals surface area (Å²) < 4.78 is 12.3. The molecule has 0 aromatic rings. The van der Waals surface area contributed by atoms with Crippen molar-refractivity contribution in [2.75, 3.05) is 26.3 Å². The summed E-state index contributed by atoms with van der Waals surface area (Å²) in [5.74, 6) is 3.61. The third kappa shape index (κ3) is 6.95. The van der Waals surface area contributed by atoms with Crippen LogP contribution in [0.25, 0.3) is 0 Å². The highest BCUT2D eigenvalue weighted by Crippen LogP contribution is 2.43. The van der Waals surface area contributed by atoms with Crippen molar-refractivity contribution in [3.63, 3.8) is 0 Å². The second kappa shape index (κ2) is 12.0. The van der Waals surface area contributed by atoms with Crippen LogP contribution >= 0.6 is 0 Å². The van der Waals surface area contributed by atoms with Gasteiger partial charge >= 0.3 is 0 Å². The van der Waals surface area contributed by atoms with E-state index in [2.05, 4.69) is 25.7 Å². The van der Waals surface area contributed by atoms with E-state index in [0.717, 1.165) is 42.9 Å². The quantitative estimate of drug-likeness (QED) is 0.372. The first-order chi connectivity index (χ1) is 15.5. The number of rotatable bonds is 9. The van der Waals surface area contributed by atoms with Crippen LogP contribution in [0, 0.1) is 23.7 Å². The van der Waals surface area contributed by atoms with E-state index in [1.807, 2.05) is 0 Å². The van der Waals surface area contributed by atoms with Gasteiger partial charge in [-0.25, -0.2) is 0 Å². The van der Waals surface area contributed by atoms with Gasteiger partial charge in [0.1, 0.15) is 0 Å². The lowest BCUT2D eigenvalue weighted by Gasteiger charge is -2.44. The fraction of sp³-hybridized carbons (Fsp3) is 1.00. The maximum absolute atomic E-state index is 6.14. The maximum Gasteiger partial charge on any atom is 0.0702 e. The van der Waals surface area contributed by atoms with Crippen molar-refractivity contribution in [1.82, 2.24) is 4.90 Å². The molecule has 186 valence electrons. The van der Waals surface area contributed by atoms with E-state index in [0.29, 0.717) is 6.10 Å². The molecule has 3 heteroatoms. The van der Waals surface area contributed by atoms with Crippen LogP contribution in [-0.2, 0) is 9.47 Å². The summed E-state index contributed by atoms with van der Waals surface area (Å²) in [7, 11) is 0. The van der Waals surface area contributed by atoms with Crippen LogP contribution in [-0.4, -0.2) is 49.0 Å². The highest BCUT2D eigenvalue weighted by Gasteiger charge is 2.38. The average molecular weight is 448 g/mol. The van der Waals surface area contributed by atoms with Crippen LogP contribution < -0.4 is 0 Å². The fourth-order valence-electron chi connectivity index (χ4n) is 7.80. The fourth-order valence-corrected chi connectivity index (χ4v) is 7.80. The lowest BCUT2D eigenvalue weighted by Crippen LogP contribution is -2.45. The van der Waals surface area contributed by atoms with Crippen molar-refractivity contribution < 1.29 is 9.47 Å². The third-order valence-electron chi connectivity index (χ3n) is 9.72. The Morgan fingerprint density at radius 3 is 2.09 bits per heavy atom. The third-order valence-corrected chi connectivity index (χ3v) is 9.72. The van der Waals surface area contributed by atoms with Gasteiger partial charge in [-0.2, -0.15) is 0 Å². The molecule has 4 fully saturated rings. The molecule has 4 rings (SSSR count). The predicted molar refractivity (Wildman–Crippen MR) is 134 cm³/mol. The molecule has 2 saturated heterocycles. The smallest absolute Gasteiger partial charge is 0.0702 e. The van der Waals surface area contributed by atoms with Crippen molar-refractivity contribution >= 4 is 0 Å². The second-order valence-electron chi connectivity index (χ2n) is 12.5. The van der Waals surface area contributed by atoms with Gasteiger partial charge in [-0.1, -0.05) is 51.4 Å². The first-order valence-electron chi connectivity index (χ1n) is 14.5. The minimum Gasteiger partial charge on any atom is -0.377 e. The van der Waals surface area contributed by atoms with Gasteiger partial charge in [0.15, 0.2) is 0 Å². The Morgan fingerprint density at radius 1 is 0.781 bits per heavy atom. The van der Waals surface area contributed by atoms with Gasteiger partial charge in [-0.15, -0.1) is 0 Å². The molecule has 0 aromatic heterocycles. The summed E-state index contributed by atoms with van der Waals surface area (Å²) >= 11 is 0. The van der Waals surface area contributed by atoms with Crippen LogP contribution in [0.5, 0.6) is 0 Å². The molecule has 3 nitrogen and oxygen atoms in total. The van der Waals surface area contributed by atoms with Gasteiger partial charge in [0.05, 0.1) is 11.7 Å². The molecule has 2 aliphatic heterocycles. The van der Waals surface area contributed by atoms with E-state index in [1.165, 1.54) is 109 Å². The predicted octanol–water partition coefficient (Wildman–Crippen LogP) is 7.23. The lowest BCUT2D eigenvalue weighted by molar-refractivity contribution is -0.0907. The highest BCUT2D eigenvalue weighted by molar-refractivity contribution is 4.89. The molecule has 0 radical (unpaired) electrons. The first-order valence-corrected chi connectivity index (χ1v) is 14.5. The van der Waals surface area contributed by atoms with E-state index < -0.39 is 0 Å². The molecule has 2 saturated carbocycles. The van der Waals surface area contributed by atoms with Crippen LogP contribution in [0.1, 0.15) is 117 Å². The Bertz CT molecular complexity index is 531. The zero-order valence-corrected chi connectivity index (χ0v) is 21.7. The first kappa shape index (κ1) is 25.0. The molecular formula is C29H53NO2. The topological polar surface area (TPSA) is 21.7 Å². The lowest BCUT2D eigenvalue weighted by atomic mass is 9.68. The minimum absolute atomic E-state index is 0.0720. The Kier molecular flexibility index (Phi) is 9.39. The van der Waals surface area contributed by atoms with Crippen molar-refractivity contribution in [2.24, 2.45) is 23.7 Å². The largest absolute Gasteiger partial charge is 0.377 e. The van der Waals surface area contributed by atoms with Crippen LogP contribution in [0.3, 0.4) is 0 Å². The van der Waals surface area contributed by atoms with E-state index in [4.69, 9.17) is 9.47 Å². The number of hydrogen-bond acceptors (Lipinski definition) is 3. The zero-order chi connectivity index (χ0) is 22.4. The Hall–Kier alpha value is -0.120.